The molecule has 2 nitrogen and oxygen atoms in total. The summed E-state index contributed by atoms with van der Waals surface area (Å²) in [5.74, 6) is 0.647. The molecular formula is C18H28FNO. The van der Waals surface area contributed by atoms with Crippen LogP contribution in [0.25, 0.3) is 0 Å². The molecule has 2 rings (SSSR count). The second-order valence-electron chi connectivity index (χ2n) is 6.36. The first-order valence-corrected chi connectivity index (χ1v) is 8.30. The Hall–Kier alpha value is -1.09. The van der Waals surface area contributed by atoms with Gasteiger partial charge < -0.3 is 10.1 Å². The van der Waals surface area contributed by atoms with Crippen LogP contribution >= 0.6 is 0 Å². The molecule has 0 spiro atoms. The van der Waals surface area contributed by atoms with Gasteiger partial charge in [0.15, 0.2) is 0 Å². The summed E-state index contributed by atoms with van der Waals surface area (Å²) in [4.78, 5) is 0. The molecule has 0 fully saturated rings. The molecule has 2 atom stereocenters. The van der Waals surface area contributed by atoms with E-state index in [0.29, 0.717) is 0 Å². The van der Waals surface area contributed by atoms with Crippen LogP contribution < -0.4 is 10.1 Å². The number of hydrogen-bond donors (Lipinski definition) is 1. The largest absolute Gasteiger partial charge is 0.487 e. The molecule has 0 radical (unpaired) electrons. The molecule has 2 unspecified atom stereocenters. The molecule has 1 aromatic rings. The van der Waals surface area contributed by atoms with Gasteiger partial charge in [0.25, 0.3) is 0 Å². The number of fused-ring (bicyclic) bond motifs is 1. The van der Waals surface area contributed by atoms with Crippen LogP contribution in [0.4, 0.5) is 4.39 Å². The van der Waals surface area contributed by atoms with Crippen LogP contribution in [-0.2, 0) is 0 Å². The van der Waals surface area contributed by atoms with Crippen LogP contribution in [0, 0.1) is 5.82 Å². The quantitative estimate of drug-likeness (QED) is 0.715. The fourth-order valence-electron chi connectivity index (χ4n) is 2.96. The zero-order valence-corrected chi connectivity index (χ0v) is 13.5. The van der Waals surface area contributed by atoms with Crippen molar-refractivity contribution in [1.29, 1.82) is 0 Å². The Morgan fingerprint density at radius 2 is 2.10 bits per heavy atom. The van der Waals surface area contributed by atoms with Crippen molar-refractivity contribution in [3.8, 4) is 5.75 Å². The molecule has 0 aromatic heterocycles. The fraction of sp³-hybridized carbons (Fsp3) is 0.667. The summed E-state index contributed by atoms with van der Waals surface area (Å²) < 4.78 is 19.6. The average molecular weight is 293 g/mol. The van der Waals surface area contributed by atoms with E-state index >= 15 is 0 Å². The Bertz CT molecular complexity index is 463. The molecule has 1 heterocycles. The van der Waals surface area contributed by atoms with Crippen LogP contribution in [-0.4, -0.2) is 12.1 Å². The standard InChI is InChI=1S/C18H28FNO/c1-4-6-7-8-11-20-16-13-18(3,5-2)21-17-10-9-14(19)12-15(16)17/h9-10,12,16,20H,4-8,11,13H2,1-3H3. The molecule has 0 aliphatic carbocycles. The van der Waals surface area contributed by atoms with E-state index in [4.69, 9.17) is 4.74 Å². The van der Waals surface area contributed by atoms with E-state index < -0.39 is 0 Å². The van der Waals surface area contributed by atoms with Gasteiger partial charge in [-0.3, -0.25) is 0 Å². The lowest BCUT2D eigenvalue weighted by molar-refractivity contribution is 0.0440. The average Bonchev–Trinajstić information content (AvgIpc) is 2.47. The predicted octanol–water partition coefficient (Wildman–Crippen LogP) is 4.99. The lowest BCUT2D eigenvalue weighted by atomic mass is 9.86. The van der Waals surface area contributed by atoms with Gasteiger partial charge in [-0.25, -0.2) is 4.39 Å². The van der Waals surface area contributed by atoms with Crippen molar-refractivity contribution in [1.82, 2.24) is 5.32 Å². The Balaban J connectivity index is 2.06. The first-order valence-electron chi connectivity index (χ1n) is 8.30. The van der Waals surface area contributed by atoms with Crippen LogP contribution in [0.3, 0.4) is 0 Å². The SMILES string of the molecule is CCCCCCNC1CC(C)(CC)Oc2ccc(F)cc21. The zero-order chi connectivity index (χ0) is 15.3. The number of benzene rings is 1. The second kappa shape index (κ2) is 7.26. The van der Waals surface area contributed by atoms with Crippen molar-refractivity contribution >= 4 is 0 Å². The third kappa shape index (κ3) is 4.19. The summed E-state index contributed by atoms with van der Waals surface area (Å²) in [6.07, 6.45) is 6.82. The van der Waals surface area contributed by atoms with Crippen LogP contribution in [0.15, 0.2) is 18.2 Å². The fourth-order valence-corrected chi connectivity index (χ4v) is 2.96. The minimum atomic E-state index is -0.185. The number of rotatable bonds is 7. The number of halogens is 1. The van der Waals surface area contributed by atoms with Gasteiger partial charge in [-0.05, 0) is 44.5 Å². The molecule has 1 N–H and O–H groups in total. The number of nitrogens with one attached hydrogen (secondary N) is 1. The van der Waals surface area contributed by atoms with Crippen molar-refractivity contribution in [2.24, 2.45) is 0 Å². The van der Waals surface area contributed by atoms with E-state index in [-0.39, 0.29) is 17.5 Å². The minimum Gasteiger partial charge on any atom is -0.487 e. The van der Waals surface area contributed by atoms with Crippen molar-refractivity contribution in [3.63, 3.8) is 0 Å². The zero-order valence-electron chi connectivity index (χ0n) is 13.5. The molecule has 118 valence electrons. The van der Waals surface area contributed by atoms with Crippen LogP contribution in [0.2, 0.25) is 0 Å². The first kappa shape index (κ1) is 16.3. The monoisotopic (exact) mass is 293 g/mol. The van der Waals surface area contributed by atoms with Gasteiger partial charge >= 0.3 is 0 Å². The van der Waals surface area contributed by atoms with E-state index in [2.05, 4.69) is 26.1 Å². The molecule has 0 saturated carbocycles. The molecular weight excluding hydrogens is 265 g/mol. The van der Waals surface area contributed by atoms with Gasteiger partial charge in [0.2, 0.25) is 0 Å². The van der Waals surface area contributed by atoms with Crippen LogP contribution in [0.1, 0.15) is 70.9 Å². The molecule has 3 heteroatoms. The second-order valence-corrected chi connectivity index (χ2v) is 6.36. The van der Waals surface area contributed by atoms with Gasteiger partial charge in [-0.1, -0.05) is 33.1 Å². The first-order chi connectivity index (χ1) is 10.1. The van der Waals surface area contributed by atoms with E-state index in [1.54, 1.807) is 12.1 Å². The lowest BCUT2D eigenvalue weighted by Gasteiger charge is -2.40. The summed E-state index contributed by atoms with van der Waals surface area (Å²) in [5.41, 5.74) is 0.808. The summed E-state index contributed by atoms with van der Waals surface area (Å²) in [6.45, 7) is 7.50. The molecule has 1 aliphatic rings. The smallest absolute Gasteiger partial charge is 0.125 e. The molecule has 0 saturated heterocycles. The van der Waals surface area contributed by atoms with Gasteiger partial charge in [-0.15, -0.1) is 0 Å². The van der Waals surface area contributed by atoms with Gasteiger partial charge in [0, 0.05) is 18.0 Å². The van der Waals surface area contributed by atoms with Gasteiger partial charge in [0.05, 0.1) is 0 Å². The number of unbranched alkanes of at least 4 members (excludes halogenated alkanes) is 3. The maximum Gasteiger partial charge on any atom is 0.125 e. The van der Waals surface area contributed by atoms with Crippen LogP contribution in [0.5, 0.6) is 5.75 Å². The number of ether oxygens (including phenoxy) is 1. The minimum absolute atomic E-state index is 0.161. The molecule has 1 aromatic carbocycles. The predicted molar refractivity (Wildman–Crippen MR) is 85.2 cm³/mol. The van der Waals surface area contributed by atoms with Crippen molar-refractivity contribution in [3.05, 3.63) is 29.6 Å². The number of hydrogen-bond acceptors (Lipinski definition) is 2. The van der Waals surface area contributed by atoms with Crippen molar-refractivity contribution in [2.45, 2.75) is 70.9 Å². The van der Waals surface area contributed by atoms with Gasteiger partial charge in [-0.2, -0.15) is 0 Å². The van der Waals surface area contributed by atoms with Crippen molar-refractivity contribution in [2.75, 3.05) is 6.54 Å². The molecule has 0 amide bonds. The highest BCUT2D eigenvalue weighted by Gasteiger charge is 2.35. The Labute approximate surface area is 128 Å². The topological polar surface area (TPSA) is 21.3 Å². The summed E-state index contributed by atoms with van der Waals surface area (Å²) in [7, 11) is 0. The molecule has 21 heavy (non-hydrogen) atoms. The highest BCUT2D eigenvalue weighted by atomic mass is 19.1. The maximum absolute atomic E-state index is 13.5. The van der Waals surface area contributed by atoms with E-state index in [1.807, 2.05) is 0 Å². The Morgan fingerprint density at radius 1 is 1.29 bits per heavy atom. The van der Waals surface area contributed by atoms with E-state index in [1.165, 1.54) is 31.7 Å². The Morgan fingerprint density at radius 3 is 2.81 bits per heavy atom. The van der Waals surface area contributed by atoms with Crippen molar-refractivity contribution < 1.29 is 9.13 Å². The highest BCUT2D eigenvalue weighted by Crippen LogP contribution is 2.41. The summed E-state index contributed by atoms with van der Waals surface area (Å²) in [6, 6.07) is 5.06. The third-order valence-electron chi connectivity index (χ3n) is 4.51. The normalized spacial score (nSPS) is 24.5. The third-order valence-corrected chi connectivity index (χ3v) is 4.51. The van der Waals surface area contributed by atoms with Gasteiger partial charge in [0.1, 0.15) is 17.2 Å². The molecule has 1 aliphatic heterocycles. The summed E-state index contributed by atoms with van der Waals surface area (Å²) in [5, 5.41) is 3.61. The molecule has 0 bridgehead atoms. The van der Waals surface area contributed by atoms with E-state index in [9.17, 15) is 4.39 Å². The highest BCUT2D eigenvalue weighted by molar-refractivity contribution is 5.39. The van der Waals surface area contributed by atoms with E-state index in [0.717, 1.165) is 30.7 Å². The maximum atomic E-state index is 13.5. The lowest BCUT2D eigenvalue weighted by Crippen LogP contribution is -2.41. The summed E-state index contributed by atoms with van der Waals surface area (Å²) >= 11 is 0. The Kier molecular flexibility index (Phi) is 5.63.